The molecule has 2 N–H and O–H groups in total. The van der Waals surface area contributed by atoms with Crippen LogP contribution in [0.1, 0.15) is 31.9 Å². The van der Waals surface area contributed by atoms with Gasteiger partial charge in [0, 0.05) is 37.8 Å². The van der Waals surface area contributed by atoms with E-state index < -0.39 is 0 Å². The summed E-state index contributed by atoms with van der Waals surface area (Å²) in [5, 5.41) is 0. The van der Waals surface area contributed by atoms with Gasteiger partial charge in [-0.15, -0.1) is 0 Å². The molecule has 1 amide bonds. The number of nitrogens with two attached hydrogens (primary N) is 1. The number of methoxy groups -OCH3 is 1. The van der Waals surface area contributed by atoms with Crippen molar-refractivity contribution in [2.75, 3.05) is 33.3 Å². The molecule has 1 aromatic rings. The molecule has 122 valence electrons. The fourth-order valence-corrected chi connectivity index (χ4v) is 3.28. The lowest BCUT2D eigenvalue weighted by Gasteiger charge is -2.40. The van der Waals surface area contributed by atoms with E-state index in [2.05, 4.69) is 22.8 Å². The summed E-state index contributed by atoms with van der Waals surface area (Å²) in [7, 11) is 1.71. The van der Waals surface area contributed by atoms with E-state index >= 15 is 0 Å². The second-order valence-electron chi connectivity index (χ2n) is 5.82. The predicted molar refractivity (Wildman–Crippen MR) is 87.8 cm³/mol. The molecule has 1 aliphatic rings. The molecule has 1 fully saturated rings. The molecule has 1 heterocycles. The summed E-state index contributed by atoms with van der Waals surface area (Å²) in [4.78, 5) is 16.1. The molecule has 1 aliphatic heterocycles. The number of rotatable bonds is 6. The molecule has 0 bridgehead atoms. The van der Waals surface area contributed by atoms with Crippen LogP contribution >= 0.6 is 0 Å². The lowest BCUT2D eigenvalue weighted by atomic mass is 10.0. The van der Waals surface area contributed by atoms with Gasteiger partial charge in [-0.2, -0.15) is 0 Å². The fourth-order valence-electron chi connectivity index (χ4n) is 3.28. The van der Waals surface area contributed by atoms with Gasteiger partial charge in [-0.3, -0.25) is 14.6 Å². The molecule has 0 saturated carbocycles. The van der Waals surface area contributed by atoms with Gasteiger partial charge in [0.2, 0.25) is 5.91 Å². The molecule has 0 spiro atoms. The van der Waals surface area contributed by atoms with Gasteiger partial charge in [0.15, 0.2) is 0 Å². The lowest BCUT2D eigenvalue weighted by molar-refractivity contribution is -0.124. The smallest absolute Gasteiger partial charge is 0.234 e. The van der Waals surface area contributed by atoms with Gasteiger partial charge >= 0.3 is 0 Å². The fraction of sp³-hybridized carbons (Fsp3) is 0.588. The number of primary amides is 1. The third kappa shape index (κ3) is 3.59. The van der Waals surface area contributed by atoms with E-state index in [1.807, 2.05) is 25.1 Å². The number of amides is 1. The second kappa shape index (κ2) is 7.61. The Bertz CT molecular complexity index is 498. The highest BCUT2D eigenvalue weighted by Crippen LogP contribution is 2.29. The molecule has 22 heavy (non-hydrogen) atoms. The summed E-state index contributed by atoms with van der Waals surface area (Å²) in [6, 6.07) is 8.32. The molecular weight excluding hydrogens is 278 g/mol. The highest BCUT2D eigenvalue weighted by atomic mass is 16.5. The Hall–Kier alpha value is -1.59. The summed E-state index contributed by atoms with van der Waals surface area (Å²) in [6.45, 7) is 7.84. The largest absolute Gasteiger partial charge is 0.496 e. The molecule has 5 heteroatoms. The summed E-state index contributed by atoms with van der Waals surface area (Å²) in [6.07, 6.45) is 0.775. The molecule has 5 nitrogen and oxygen atoms in total. The first-order valence-electron chi connectivity index (χ1n) is 7.98. The second-order valence-corrected chi connectivity index (χ2v) is 5.82. The number of hydrogen-bond acceptors (Lipinski definition) is 4. The van der Waals surface area contributed by atoms with Crippen molar-refractivity contribution in [3.8, 4) is 5.75 Å². The number of ether oxygens (including phenoxy) is 1. The molecule has 1 aromatic carbocycles. The molecule has 2 atom stereocenters. The summed E-state index contributed by atoms with van der Waals surface area (Å²) in [5.74, 6) is 0.717. The van der Waals surface area contributed by atoms with Crippen molar-refractivity contribution in [3.63, 3.8) is 0 Å². The quantitative estimate of drug-likeness (QED) is 0.868. The average Bonchev–Trinajstić information content (AvgIpc) is 2.55. The van der Waals surface area contributed by atoms with Crippen LogP contribution in [0.3, 0.4) is 0 Å². The number of carbonyl (C=O) groups is 1. The lowest BCUT2D eigenvalue weighted by Crippen LogP contribution is -2.54. The van der Waals surface area contributed by atoms with Crippen LogP contribution < -0.4 is 10.5 Å². The van der Waals surface area contributed by atoms with Crippen LogP contribution in [0.25, 0.3) is 0 Å². The van der Waals surface area contributed by atoms with Gasteiger partial charge in [0.25, 0.3) is 0 Å². The van der Waals surface area contributed by atoms with Crippen LogP contribution in [0.4, 0.5) is 0 Å². The van der Waals surface area contributed by atoms with E-state index in [9.17, 15) is 4.79 Å². The van der Waals surface area contributed by atoms with Crippen LogP contribution in [0.15, 0.2) is 24.3 Å². The number of benzene rings is 1. The third-order valence-electron chi connectivity index (χ3n) is 4.64. The van der Waals surface area contributed by atoms with Crippen LogP contribution in [0.2, 0.25) is 0 Å². The maximum atomic E-state index is 11.5. The van der Waals surface area contributed by atoms with Crippen molar-refractivity contribution in [3.05, 3.63) is 29.8 Å². The van der Waals surface area contributed by atoms with E-state index in [0.717, 1.165) is 38.3 Å². The molecular formula is C17H27N3O2. The van der Waals surface area contributed by atoms with Gasteiger partial charge in [-0.05, 0) is 19.4 Å². The first-order valence-corrected chi connectivity index (χ1v) is 7.98. The first-order chi connectivity index (χ1) is 10.6. The molecule has 1 saturated heterocycles. The summed E-state index contributed by atoms with van der Waals surface area (Å²) < 4.78 is 5.47. The van der Waals surface area contributed by atoms with E-state index in [4.69, 9.17) is 10.5 Å². The number of hydrogen-bond donors (Lipinski definition) is 1. The number of para-hydroxylation sites is 1. The first kappa shape index (κ1) is 16.8. The van der Waals surface area contributed by atoms with Gasteiger partial charge < -0.3 is 10.5 Å². The zero-order valence-electron chi connectivity index (χ0n) is 13.8. The van der Waals surface area contributed by atoms with Crippen molar-refractivity contribution < 1.29 is 9.53 Å². The maximum Gasteiger partial charge on any atom is 0.234 e. The zero-order valence-corrected chi connectivity index (χ0v) is 13.8. The van der Waals surface area contributed by atoms with Gasteiger partial charge in [-0.1, -0.05) is 25.1 Å². The standard InChI is InChI=1S/C17H27N3O2/c1-4-15(17(18)21)20-11-9-19(10-12-20)13(2)14-7-5-6-8-16(14)22-3/h5-8,13,15H,4,9-12H2,1-3H3,(H2,18,21)/t13-,15+/m0/s1. The normalized spacial score (nSPS) is 19.6. The number of piperazine rings is 1. The van der Waals surface area contributed by atoms with Gasteiger partial charge in [-0.25, -0.2) is 0 Å². The van der Waals surface area contributed by atoms with Crippen molar-refractivity contribution in [2.45, 2.75) is 32.4 Å². The molecule has 0 unspecified atom stereocenters. The van der Waals surface area contributed by atoms with Gasteiger partial charge in [0.1, 0.15) is 5.75 Å². The Morgan fingerprint density at radius 2 is 1.82 bits per heavy atom. The number of nitrogens with zero attached hydrogens (tertiary/aromatic N) is 2. The van der Waals surface area contributed by atoms with E-state index in [1.165, 1.54) is 5.56 Å². The van der Waals surface area contributed by atoms with Crippen LogP contribution in [0.5, 0.6) is 5.75 Å². The SMILES string of the molecule is CC[C@H](C(N)=O)N1CCN([C@@H](C)c2ccccc2OC)CC1. The third-order valence-corrected chi connectivity index (χ3v) is 4.64. The highest BCUT2D eigenvalue weighted by Gasteiger charge is 2.28. The Balaban J connectivity index is 2.00. The van der Waals surface area contributed by atoms with Crippen molar-refractivity contribution in [2.24, 2.45) is 5.73 Å². The maximum absolute atomic E-state index is 11.5. The Morgan fingerprint density at radius 3 is 2.36 bits per heavy atom. The Labute approximate surface area is 133 Å². The number of carbonyl (C=O) groups excluding carboxylic acids is 1. The topological polar surface area (TPSA) is 58.8 Å². The minimum absolute atomic E-state index is 0.135. The average molecular weight is 305 g/mol. The van der Waals surface area contributed by atoms with Crippen LogP contribution in [-0.4, -0.2) is 55.0 Å². The van der Waals surface area contributed by atoms with E-state index in [0.29, 0.717) is 6.04 Å². The van der Waals surface area contributed by atoms with E-state index in [-0.39, 0.29) is 11.9 Å². The van der Waals surface area contributed by atoms with Gasteiger partial charge in [0.05, 0.1) is 13.2 Å². The van der Waals surface area contributed by atoms with Crippen molar-refractivity contribution in [1.29, 1.82) is 0 Å². The Morgan fingerprint density at radius 1 is 1.23 bits per heavy atom. The predicted octanol–water partition coefficient (Wildman–Crippen LogP) is 1.64. The summed E-state index contributed by atoms with van der Waals surface area (Å²) in [5.41, 5.74) is 6.70. The zero-order chi connectivity index (χ0) is 16.1. The molecule has 2 rings (SSSR count). The molecule has 0 aromatic heterocycles. The van der Waals surface area contributed by atoms with Crippen molar-refractivity contribution >= 4 is 5.91 Å². The van der Waals surface area contributed by atoms with Crippen LogP contribution in [0, 0.1) is 0 Å². The van der Waals surface area contributed by atoms with Crippen molar-refractivity contribution in [1.82, 2.24) is 9.80 Å². The minimum Gasteiger partial charge on any atom is -0.496 e. The Kier molecular flexibility index (Phi) is 5.80. The van der Waals surface area contributed by atoms with E-state index in [1.54, 1.807) is 7.11 Å². The summed E-state index contributed by atoms with van der Waals surface area (Å²) >= 11 is 0. The highest BCUT2D eigenvalue weighted by molar-refractivity contribution is 5.79. The molecule has 0 radical (unpaired) electrons. The minimum atomic E-state index is -0.214. The van der Waals surface area contributed by atoms with Crippen LogP contribution in [-0.2, 0) is 4.79 Å². The monoisotopic (exact) mass is 305 g/mol. The molecule has 0 aliphatic carbocycles.